The second-order valence-electron chi connectivity index (χ2n) is 5.59. The summed E-state index contributed by atoms with van der Waals surface area (Å²) in [6.45, 7) is 2.23. The van der Waals surface area contributed by atoms with E-state index in [1.807, 2.05) is 0 Å². The standard InChI is InChI=1S/C17H24O/c1-2-3-4-5-10-16(13-18)17-11-14-8-6-7-9-15(14)12-17/h6-9,13,16-17H,2-5,10-12H2,1H3/t16-/m0/s1. The average molecular weight is 244 g/mol. The number of hydrogen-bond donors (Lipinski definition) is 0. The number of rotatable bonds is 7. The molecule has 1 aliphatic carbocycles. The maximum Gasteiger partial charge on any atom is 0.123 e. The third-order valence-corrected chi connectivity index (χ3v) is 4.25. The van der Waals surface area contributed by atoms with E-state index in [-0.39, 0.29) is 5.92 Å². The zero-order valence-corrected chi connectivity index (χ0v) is 11.4. The first-order chi connectivity index (χ1) is 8.85. The number of aldehydes is 1. The van der Waals surface area contributed by atoms with Crippen LogP contribution in [-0.2, 0) is 17.6 Å². The largest absolute Gasteiger partial charge is 0.303 e. The van der Waals surface area contributed by atoms with Gasteiger partial charge in [-0.1, -0.05) is 56.9 Å². The topological polar surface area (TPSA) is 17.1 Å². The second kappa shape index (κ2) is 6.72. The van der Waals surface area contributed by atoms with Crippen LogP contribution < -0.4 is 0 Å². The van der Waals surface area contributed by atoms with Crippen molar-refractivity contribution in [3.63, 3.8) is 0 Å². The summed E-state index contributed by atoms with van der Waals surface area (Å²) in [6, 6.07) is 8.65. The van der Waals surface area contributed by atoms with Crippen molar-refractivity contribution in [2.45, 2.75) is 51.9 Å². The molecule has 0 bridgehead atoms. The smallest absolute Gasteiger partial charge is 0.123 e. The van der Waals surface area contributed by atoms with Gasteiger partial charge in [0.2, 0.25) is 0 Å². The van der Waals surface area contributed by atoms with Crippen LogP contribution in [0.2, 0.25) is 0 Å². The molecule has 0 spiro atoms. The van der Waals surface area contributed by atoms with Crippen LogP contribution in [0.15, 0.2) is 24.3 Å². The molecule has 18 heavy (non-hydrogen) atoms. The normalized spacial score (nSPS) is 16.5. The summed E-state index contributed by atoms with van der Waals surface area (Å²) in [5.74, 6) is 0.829. The van der Waals surface area contributed by atoms with Gasteiger partial charge in [0.25, 0.3) is 0 Å². The fraction of sp³-hybridized carbons (Fsp3) is 0.588. The summed E-state index contributed by atoms with van der Waals surface area (Å²) in [4.78, 5) is 11.3. The summed E-state index contributed by atoms with van der Waals surface area (Å²) in [7, 11) is 0. The number of carbonyl (C=O) groups excluding carboxylic acids is 1. The summed E-state index contributed by atoms with van der Waals surface area (Å²) < 4.78 is 0. The van der Waals surface area contributed by atoms with Crippen LogP contribution in [0.5, 0.6) is 0 Å². The van der Waals surface area contributed by atoms with Crippen molar-refractivity contribution >= 4 is 6.29 Å². The Morgan fingerprint density at radius 1 is 1.17 bits per heavy atom. The number of hydrogen-bond acceptors (Lipinski definition) is 1. The first kappa shape index (κ1) is 13.3. The van der Waals surface area contributed by atoms with Gasteiger partial charge in [0.05, 0.1) is 0 Å². The highest BCUT2D eigenvalue weighted by atomic mass is 16.1. The number of carbonyl (C=O) groups is 1. The highest BCUT2D eigenvalue weighted by Gasteiger charge is 2.27. The summed E-state index contributed by atoms with van der Waals surface area (Å²) in [5, 5.41) is 0. The molecule has 0 saturated carbocycles. The average Bonchev–Trinajstić information content (AvgIpc) is 2.82. The molecular formula is C17H24O. The van der Waals surface area contributed by atoms with Crippen molar-refractivity contribution in [2.24, 2.45) is 11.8 Å². The Morgan fingerprint density at radius 2 is 1.83 bits per heavy atom. The highest BCUT2D eigenvalue weighted by Crippen LogP contribution is 2.32. The molecule has 0 unspecified atom stereocenters. The third kappa shape index (κ3) is 3.22. The van der Waals surface area contributed by atoms with Gasteiger partial charge in [-0.05, 0) is 36.3 Å². The van der Waals surface area contributed by atoms with Crippen LogP contribution in [-0.4, -0.2) is 6.29 Å². The van der Waals surface area contributed by atoms with E-state index >= 15 is 0 Å². The lowest BCUT2D eigenvalue weighted by atomic mass is 9.86. The Bertz CT molecular complexity index is 358. The minimum atomic E-state index is 0.272. The molecule has 98 valence electrons. The van der Waals surface area contributed by atoms with Crippen LogP contribution in [0.4, 0.5) is 0 Å². The molecule has 1 atom stereocenters. The SMILES string of the molecule is CCCCCC[C@@H](C=O)C1Cc2ccccc2C1. The van der Waals surface area contributed by atoms with Crippen LogP contribution in [0.25, 0.3) is 0 Å². The maximum atomic E-state index is 11.3. The fourth-order valence-corrected chi connectivity index (χ4v) is 3.12. The van der Waals surface area contributed by atoms with Gasteiger partial charge in [0, 0.05) is 5.92 Å². The molecule has 0 saturated heterocycles. The lowest BCUT2D eigenvalue weighted by molar-refractivity contribution is -0.112. The Labute approximate surface area is 111 Å². The Kier molecular flexibility index (Phi) is 4.98. The van der Waals surface area contributed by atoms with Gasteiger partial charge < -0.3 is 4.79 Å². The first-order valence-electron chi connectivity index (χ1n) is 7.37. The molecule has 1 nitrogen and oxygen atoms in total. The first-order valence-corrected chi connectivity index (χ1v) is 7.37. The Balaban J connectivity index is 1.86. The summed E-state index contributed by atoms with van der Waals surface area (Å²) in [6.07, 6.45) is 9.56. The molecule has 0 heterocycles. The Hall–Kier alpha value is -1.11. The maximum absolute atomic E-state index is 11.3. The van der Waals surface area contributed by atoms with Gasteiger partial charge in [-0.2, -0.15) is 0 Å². The van der Waals surface area contributed by atoms with E-state index in [2.05, 4.69) is 31.2 Å². The van der Waals surface area contributed by atoms with E-state index in [0.29, 0.717) is 5.92 Å². The second-order valence-corrected chi connectivity index (χ2v) is 5.59. The van der Waals surface area contributed by atoms with Gasteiger partial charge in [-0.25, -0.2) is 0 Å². The molecular weight excluding hydrogens is 220 g/mol. The van der Waals surface area contributed by atoms with Crippen molar-refractivity contribution in [3.05, 3.63) is 35.4 Å². The quantitative estimate of drug-likeness (QED) is 0.519. The zero-order valence-electron chi connectivity index (χ0n) is 11.4. The summed E-state index contributed by atoms with van der Waals surface area (Å²) >= 11 is 0. The van der Waals surface area contributed by atoms with Gasteiger partial charge in [-0.15, -0.1) is 0 Å². The van der Waals surface area contributed by atoms with Gasteiger partial charge in [0.1, 0.15) is 6.29 Å². The van der Waals surface area contributed by atoms with Crippen molar-refractivity contribution in [3.8, 4) is 0 Å². The number of benzene rings is 1. The third-order valence-electron chi connectivity index (χ3n) is 4.25. The zero-order chi connectivity index (χ0) is 12.8. The number of unbranched alkanes of at least 4 members (excludes halogenated alkanes) is 3. The van der Waals surface area contributed by atoms with Crippen LogP contribution in [0.3, 0.4) is 0 Å². The van der Waals surface area contributed by atoms with Crippen molar-refractivity contribution in [2.75, 3.05) is 0 Å². The molecule has 2 rings (SSSR count). The highest BCUT2D eigenvalue weighted by molar-refractivity contribution is 5.55. The molecule has 1 aliphatic rings. The van der Waals surface area contributed by atoms with Crippen molar-refractivity contribution < 1.29 is 4.79 Å². The minimum Gasteiger partial charge on any atom is -0.303 e. The van der Waals surface area contributed by atoms with Crippen molar-refractivity contribution in [1.29, 1.82) is 0 Å². The van der Waals surface area contributed by atoms with Crippen molar-refractivity contribution in [1.82, 2.24) is 0 Å². The van der Waals surface area contributed by atoms with Crippen LogP contribution in [0, 0.1) is 11.8 Å². The molecule has 1 aromatic carbocycles. The molecule has 0 aliphatic heterocycles. The molecule has 0 radical (unpaired) electrons. The van der Waals surface area contributed by atoms with E-state index < -0.39 is 0 Å². The van der Waals surface area contributed by atoms with E-state index in [1.165, 1.54) is 43.1 Å². The predicted octanol–water partition coefficient (Wildman–Crippen LogP) is 4.19. The van der Waals surface area contributed by atoms with E-state index in [1.54, 1.807) is 0 Å². The minimum absolute atomic E-state index is 0.272. The molecule has 1 heteroatoms. The van der Waals surface area contributed by atoms with Crippen LogP contribution >= 0.6 is 0 Å². The summed E-state index contributed by atoms with van der Waals surface area (Å²) in [5.41, 5.74) is 2.92. The molecule has 0 aromatic heterocycles. The lowest BCUT2D eigenvalue weighted by Crippen LogP contribution is -2.16. The predicted molar refractivity (Wildman–Crippen MR) is 75.7 cm³/mol. The van der Waals surface area contributed by atoms with Gasteiger partial charge >= 0.3 is 0 Å². The molecule has 0 amide bonds. The Morgan fingerprint density at radius 3 is 2.39 bits per heavy atom. The number of fused-ring (bicyclic) bond motifs is 1. The van der Waals surface area contributed by atoms with Gasteiger partial charge in [-0.3, -0.25) is 0 Å². The lowest BCUT2D eigenvalue weighted by Gasteiger charge is -2.17. The fourth-order valence-electron chi connectivity index (χ4n) is 3.12. The van der Waals surface area contributed by atoms with Crippen LogP contribution in [0.1, 0.15) is 50.2 Å². The van der Waals surface area contributed by atoms with E-state index in [9.17, 15) is 4.79 Å². The molecule has 0 fully saturated rings. The van der Waals surface area contributed by atoms with Gasteiger partial charge in [0.15, 0.2) is 0 Å². The van der Waals surface area contributed by atoms with E-state index in [4.69, 9.17) is 0 Å². The van der Waals surface area contributed by atoms with E-state index in [0.717, 1.165) is 19.3 Å². The monoisotopic (exact) mass is 244 g/mol. The molecule has 1 aromatic rings. The molecule has 0 N–H and O–H groups in total.